The van der Waals surface area contributed by atoms with E-state index in [9.17, 15) is 4.57 Å². The fourth-order valence-electron chi connectivity index (χ4n) is 0.586. The molecule has 6 heteroatoms. The van der Waals surface area contributed by atoms with Gasteiger partial charge in [0.2, 0.25) is 0 Å². The molecule has 1 fully saturated rings. The van der Waals surface area contributed by atoms with Crippen molar-refractivity contribution >= 4 is 7.82 Å². The molecule has 1 aliphatic rings. The van der Waals surface area contributed by atoms with Crippen molar-refractivity contribution in [1.82, 2.24) is 0 Å². The average molecular weight is 196 g/mol. The summed E-state index contributed by atoms with van der Waals surface area (Å²) in [7, 11) is -3.80. The van der Waals surface area contributed by atoms with Gasteiger partial charge < -0.3 is 9.63 Å². The van der Waals surface area contributed by atoms with Gasteiger partial charge in [-0.3, -0.25) is 9.05 Å². The van der Waals surface area contributed by atoms with E-state index in [1.807, 2.05) is 6.92 Å². The zero-order valence-corrected chi connectivity index (χ0v) is 7.83. The van der Waals surface area contributed by atoms with E-state index in [4.69, 9.17) is 9.63 Å². The van der Waals surface area contributed by atoms with Gasteiger partial charge in [-0.2, -0.15) is 0 Å². The Morgan fingerprint density at radius 2 is 2.33 bits per heavy atom. The first-order valence-electron chi connectivity index (χ1n) is 3.87. The molecule has 72 valence electrons. The molecule has 1 heterocycles. The largest absolute Gasteiger partial charge is 0.472 e. The van der Waals surface area contributed by atoms with Crippen molar-refractivity contribution in [2.45, 2.75) is 19.4 Å². The second-order valence-electron chi connectivity index (χ2n) is 2.55. The maximum absolute atomic E-state index is 11.0. The Kier molecular flexibility index (Phi) is 3.68. The van der Waals surface area contributed by atoms with Crippen LogP contribution in [0, 0.1) is 0 Å². The van der Waals surface area contributed by atoms with Crippen molar-refractivity contribution in [3.63, 3.8) is 0 Å². The minimum Gasteiger partial charge on any atom is -0.371 e. The number of ether oxygens (including phenoxy) is 1. The Morgan fingerprint density at radius 3 is 2.83 bits per heavy atom. The Hall–Kier alpha value is 0.0700. The maximum Gasteiger partial charge on any atom is 0.472 e. The van der Waals surface area contributed by atoms with Crippen molar-refractivity contribution in [1.29, 1.82) is 0 Å². The summed E-state index contributed by atoms with van der Waals surface area (Å²) in [5, 5.41) is 0. The number of epoxide rings is 1. The highest BCUT2D eigenvalue weighted by molar-refractivity contribution is 7.47. The molecule has 0 aliphatic carbocycles. The fourth-order valence-corrected chi connectivity index (χ4v) is 1.43. The van der Waals surface area contributed by atoms with E-state index in [2.05, 4.69) is 9.05 Å². The highest BCUT2D eigenvalue weighted by Crippen LogP contribution is 2.43. The van der Waals surface area contributed by atoms with Crippen molar-refractivity contribution in [2.24, 2.45) is 0 Å². The van der Waals surface area contributed by atoms with E-state index in [-0.39, 0.29) is 19.3 Å². The van der Waals surface area contributed by atoms with Gasteiger partial charge in [-0.15, -0.1) is 0 Å². The van der Waals surface area contributed by atoms with Crippen molar-refractivity contribution in [2.75, 3.05) is 19.8 Å². The lowest BCUT2D eigenvalue weighted by Crippen LogP contribution is -2.02. The Bertz CT molecular complexity index is 179. The predicted octanol–water partition coefficient (Wildman–Crippen LogP) is 0.929. The molecule has 0 aromatic carbocycles. The first kappa shape index (κ1) is 10.2. The third-order valence-corrected chi connectivity index (χ3v) is 2.27. The number of hydrogen-bond donors (Lipinski definition) is 1. The standard InChI is InChI=1S/C6H13O5P/c1-2-3-10-12(7,8)11-5-6-4-9-6/h6H,2-5H2,1H3,(H,7,8). The molecule has 5 nitrogen and oxygen atoms in total. The maximum atomic E-state index is 11.0. The van der Waals surface area contributed by atoms with Crippen molar-refractivity contribution < 1.29 is 23.2 Å². The molecule has 0 bridgehead atoms. The number of phosphoric ester groups is 1. The van der Waals surface area contributed by atoms with E-state index < -0.39 is 7.82 Å². The zero-order chi connectivity index (χ0) is 9.03. The van der Waals surface area contributed by atoms with E-state index in [0.29, 0.717) is 13.0 Å². The summed E-state index contributed by atoms with van der Waals surface area (Å²) in [6.07, 6.45) is 0.670. The van der Waals surface area contributed by atoms with E-state index in [1.165, 1.54) is 0 Å². The molecule has 0 spiro atoms. The lowest BCUT2D eigenvalue weighted by Gasteiger charge is -2.09. The SMILES string of the molecule is CCCOP(=O)(O)OCC1CO1. The Morgan fingerprint density at radius 1 is 1.67 bits per heavy atom. The van der Waals surface area contributed by atoms with Crippen LogP contribution in [-0.4, -0.2) is 30.8 Å². The topological polar surface area (TPSA) is 68.3 Å². The van der Waals surface area contributed by atoms with Gasteiger partial charge in [0.15, 0.2) is 0 Å². The lowest BCUT2D eigenvalue weighted by atomic mass is 10.5. The minimum atomic E-state index is -3.80. The lowest BCUT2D eigenvalue weighted by molar-refractivity contribution is 0.140. The van der Waals surface area contributed by atoms with Crippen LogP contribution in [0.4, 0.5) is 0 Å². The van der Waals surface area contributed by atoms with Crippen LogP contribution < -0.4 is 0 Å². The fraction of sp³-hybridized carbons (Fsp3) is 1.00. The average Bonchev–Trinajstić information content (AvgIpc) is 2.81. The summed E-state index contributed by atoms with van der Waals surface area (Å²) in [5.41, 5.74) is 0. The second-order valence-corrected chi connectivity index (χ2v) is 4.01. The van der Waals surface area contributed by atoms with Crippen LogP contribution in [0.15, 0.2) is 0 Å². The van der Waals surface area contributed by atoms with Crippen molar-refractivity contribution in [3.05, 3.63) is 0 Å². The predicted molar refractivity (Wildman–Crippen MR) is 41.8 cm³/mol. The molecule has 0 aromatic rings. The number of rotatable bonds is 6. The van der Waals surface area contributed by atoms with Gasteiger partial charge in [0, 0.05) is 0 Å². The van der Waals surface area contributed by atoms with Crippen LogP contribution in [0.25, 0.3) is 0 Å². The van der Waals surface area contributed by atoms with E-state index in [1.54, 1.807) is 0 Å². The minimum absolute atomic E-state index is 0.0179. The normalized spacial score (nSPS) is 26.7. The monoisotopic (exact) mass is 196 g/mol. The molecule has 0 saturated carbocycles. The summed E-state index contributed by atoms with van der Waals surface area (Å²) in [6, 6.07) is 0. The van der Waals surface area contributed by atoms with Gasteiger partial charge >= 0.3 is 7.82 Å². The summed E-state index contributed by atoms with van der Waals surface area (Å²) in [4.78, 5) is 8.98. The van der Waals surface area contributed by atoms with Gasteiger partial charge in [-0.1, -0.05) is 6.92 Å². The smallest absolute Gasteiger partial charge is 0.371 e. The highest BCUT2D eigenvalue weighted by Gasteiger charge is 2.28. The van der Waals surface area contributed by atoms with Gasteiger partial charge in [0.05, 0.1) is 19.8 Å². The van der Waals surface area contributed by atoms with Gasteiger partial charge in [0.1, 0.15) is 6.10 Å². The van der Waals surface area contributed by atoms with Gasteiger partial charge in [0.25, 0.3) is 0 Å². The van der Waals surface area contributed by atoms with Crippen LogP contribution in [0.5, 0.6) is 0 Å². The molecule has 1 saturated heterocycles. The molecule has 12 heavy (non-hydrogen) atoms. The molecule has 0 radical (unpaired) electrons. The second kappa shape index (κ2) is 4.35. The number of hydrogen-bond acceptors (Lipinski definition) is 4. The number of phosphoric acid groups is 1. The first-order chi connectivity index (χ1) is 5.64. The molecular formula is C6H13O5P. The van der Waals surface area contributed by atoms with Gasteiger partial charge in [-0.25, -0.2) is 4.57 Å². The molecule has 1 aliphatic heterocycles. The summed E-state index contributed by atoms with van der Waals surface area (Å²) >= 11 is 0. The van der Waals surface area contributed by atoms with E-state index >= 15 is 0 Å². The summed E-state index contributed by atoms with van der Waals surface area (Å²) < 4.78 is 25.0. The molecule has 2 atom stereocenters. The molecule has 1 N–H and O–H groups in total. The van der Waals surface area contributed by atoms with Crippen LogP contribution in [0.2, 0.25) is 0 Å². The van der Waals surface area contributed by atoms with Gasteiger partial charge in [-0.05, 0) is 6.42 Å². The third kappa shape index (κ3) is 4.18. The van der Waals surface area contributed by atoms with Crippen LogP contribution >= 0.6 is 7.82 Å². The Labute approximate surface area is 71.2 Å². The highest BCUT2D eigenvalue weighted by atomic mass is 31.2. The molecule has 2 unspecified atom stereocenters. The first-order valence-corrected chi connectivity index (χ1v) is 5.37. The third-order valence-electron chi connectivity index (χ3n) is 1.28. The summed E-state index contributed by atoms with van der Waals surface area (Å²) in [5.74, 6) is 0. The zero-order valence-electron chi connectivity index (χ0n) is 6.93. The molecular weight excluding hydrogens is 183 g/mol. The van der Waals surface area contributed by atoms with Crippen LogP contribution in [0.1, 0.15) is 13.3 Å². The molecule has 0 aromatic heterocycles. The molecule has 1 rings (SSSR count). The Balaban J connectivity index is 2.12. The molecule has 0 amide bonds. The van der Waals surface area contributed by atoms with Crippen LogP contribution in [0.3, 0.4) is 0 Å². The van der Waals surface area contributed by atoms with Crippen LogP contribution in [-0.2, 0) is 18.3 Å². The summed E-state index contributed by atoms with van der Waals surface area (Å²) in [6.45, 7) is 2.83. The van der Waals surface area contributed by atoms with Crippen molar-refractivity contribution in [3.8, 4) is 0 Å². The van der Waals surface area contributed by atoms with E-state index in [0.717, 1.165) is 0 Å². The quantitative estimate of drug-likeness (QED) is 0.505.